The maximum atomic E-state index is 3.03. The second-order valence-electron chi connectivity index (χ2n) is 2.21. The predicted molar refractivity (Wildman–Crippen MR) is 37.2 cm³/mol. The molecule has 3 heteroatoms. The van der Waals surface area contributed by atoms with E-state index < -0.39 is 0 Å². The first-order chi connectivity index (χ1) is 3.77. The Bertz CT molecular complexity index is 99.6. The predicted octanol–water partition coefficient (Wildman–Crippen LogP) is 2.25. The van der Waals surface area contributed by atoms with Crippen molar-refractivity contribution in [3.8, 4) is 11.8 Å². The first-order valence-electron chi connectivity index (χ1n) is 3.03. The summed E-state index contributed by atoms with van der Waals surface area (Å²) in [7, 11) is 0. The second kappa shape index (κ2) is 18.5. The first-order valence-corrected chi connectivity index (χ1v) is 3.03. The van der Waals surface area contributed by atoms with Crippen LogP contribution in [0.3, 0.4) is 0 Å². The first kappa shape index (κ1) is 23.5. The van der Waals surface area contributed by atoms with Gasteiger partial charge in [-0.25, -0.2) is 0 Å². The van der Waals surface area contributed by atoms with Crippen molar-refractivity contribution in [3.05, 3.63) is 6.42 Å². The van der Waals surface area contributed by atoms with Crippen LogP contribution in [0.25, 0.3) is 0 Å². The van der Waals surface area contributed by atoms with Crippen LogP contribution in [0.15, 0.2) is 0 Å². The summed E-state index contributed by atoms with van der Waals surface area (Å²) < 4.78 is 0. The average Bonchev–Trinajstić information content (AvgIpc) is 1.66. The van der Waals surface area contributed by atoms with Gasteiger partial charge in [-0.05, 0) is 0 Å². The van der Waals surface area contributed by atoms with Crippen molar-refractivity contribution < 1.29 is 98.1 Å². The fraction of sp³-hybridized carbons (Fsp3) is 0.625. The summed E-state index contributed by atoms with van der Waals surface area (Å²) >= 11 is 0. The summed E-state index contributed by atoms with van der Waals surface area (Å²) in [6, 6.07) is 0. The summed E-state index contributed by atoms with van der Waals surface area (Å²) in [5.74, 6) is 6.64. The maximum Gasteiger partial charge on any atom is 0 e. The molecule has 0 amide bonds. The molecule has 0 unspecified atom stereocenters. The summed E-state index contributed by atoms with van der Waals surface area (Å²) in [6.45, 7) is 6.29. The Hall–Kier alpha value is 2.74. The quantitative estimate of drug-likeness (QED) is 0.487. The Kier molecular flexibility index (Phi) is 39.6. The molecule has 0 N–H and O–H groups in total. The summed E-state index contributed by atoms with van der Waals surface area (Å²) in [4.78, 5) is 0. The fourth-order valence-corrected chi connectivity index (χ4v) is 0.365. The van der Waals surface area contributed by atoms with Crippen molar-refractivity contribution in [3.63, 3.8) is 0 Å². The van der Waals surface area contributed by atoms with Crippen LogP contribution in [0.2, 0.25) is 0 Å². The van der Waals surface area contributed by atoms with Gasteiger partial charge in [-0.15, -0.1) is 6.92 Å². The Morgan fingerprint density at radius 3 is 1.91 bits per heavy atom. The molecular weight excluding hydrogens is 363 g/mol. The molecule has 0 heterocycles. The van der Waals surface area contributed by atoms with E-state index in [9.17, 15) is 0 Å². The number of hydrogen-bond donors (Lipinski definition) is 0. The normalized spacial score (nSPS) is 5.82. The van der Waals surface area contributed by atoms with Gasteiger partial charge in [0.05, 0.1) is 0 Å². The Morgan fingerprint density at radius 1 is 1.18 bits per heavy atom. The molecule has 0 aliphatic heterocycles. The third-order valence-corrected chi connectivity index (χ3v) is 0.757. The van der Waals surface area contributed by atoms with E-state index in [1.54, 1.807) is 0 Å². The SMILES string of the molecule is C[CH-]C#CCC(C)C.[Y].[Y].[Y]. The fourth-order valence-electron chi connectivity index (χ4n) is 0.365. The molecule has 0 saturated carbocycles. The summed E-state index contributed by atoms with van der Waals surface area (Å²) in [6.07, 6.45) is 2.90. The van der Waals surface area contributed by atoms with Crippen LogP contribution in [-0.4, -0.2) is 0 Å². The van der Waals surface area contributed by atoms with E-state index in [2.05, 4.69) is 25.7 Å². The average molecular weight is 376 g/mol. The monoisotopic (exact) mass is 376 g/mol. The molecule has 0 aromatic heterocycles. The van der Waals surface area contributed by atoms with E-state index in [4.69, 9.17) is 0 Å². The molecular formula is C8H13Y3-. The minimum absolute atomic E-state index is 0. The molecule has 0 nitrogen and oxygen atoms in total. The van der Waals surface area contributed by atoms with Crippen molar-refractivity contribution >= 4 is 0 Å². The molecule has 0 aliphatic rings. The standard InChI is InChI=1S/C8H13.3Y/c1-4-5-6-7-8(2)3;;;/h4,8H,7H2,1-3H3;;;/q-1;;;. The van der Waals surface area contributed by atoms with Crippen LogP contribution in [0.4, 0.5) is 0 Å². The molecule has 0 atom stereocenters. The second-order valence-corrected chi connectivity index (χ2v) is 2.21. The number of hydrogen-bond acceptors (Lipinski definition) is 0. The van der Waals surface area contributed by atoms with Gasteiger partial charge in [-0.3, -0.25) is 5.92 Å². The minimum Gasteiger partial charge on any atom is -0.327 e. The van der Waals surface area contributed by atoms with Crippen molar-refractivity contribution in [2.24, 2.45) is 5.92 Å². The van der Waals surface area contributed by atoms with Gasteiger partial charge in [-0.2, -0.15) is 6.42 Å². The van der Waals surface area contributed by atoms with Gasteiger partial charge in [-0.1, -0.05) is 26.2 Å². The van der Waals surface area contributed by atoms with Gasteiger partial charge in [0.2, 0.25) is 0 Å². The maximum absolute atomic E-state index is 3.03. The Labute approximate surface area is 146 Å². The summed E-state index contributed by atoms with van der Waals surface area (Å²) in [5.41, 5.74) is 0. The van der Waals surface area contributed by atoms with E-state index in [1.807, 2.05) is 13.3 Å². The third kappa shape index (κ3) is 24.5. The van der Waals surface area contributed by atoms with E-state index in [1.165, 1.54) is 0 Å². The van der Waals surface area contributed by atoms with Gasteiger partial charge in [0.15, 0.2) is 0 Å². The molecule has 0 aromatic carbocycles. The van der Waals surface area contributed by atoms with Crippen molar-refractivity contribution in [2.75, 3.05) is 0 Å². The van der Waals surface area contributed by atoms with Crippen LogP contribution < -0.4 is 0 Å². The topological polar surface area (TPSA) is 0 Å². The molecule has 0 rings (SSSR count). The van der Waals surface area contributed by atoms with Crippen LogP contribution in [-0.2, 0) is 98.1 Å². The van der Waals surface area contributed by atoms with Gasteiger partial charge >= 0.3 is 0 Å². The zero-order valence-electron chi connectivity index (χ0n) is 7.59. The molecule has 0 spiro atoms. The Balaban J connectivity index is -0.0000000817. The minimum atomic E-state index is 0. The van der Waals surface area contributed by atoms with E-state index in [0.717, 1.165) is 6.42 Å². The van der Waals surface area contributed by atoms with Crippen molar-refractivity contribution in [1.29, 1.82) is 0 Å². The van der Waals surface area contributed by atoms with E-state index in [-0.39, 0.29) is 98.1 Å². The van der Waals surface area contributed by atoms with Crippen LogP contribution in [0.5, 0.6) is 0 Å². The number of rotatable bonds is 1. The molecule has 0 aliphatic carbocycles. The molecule has 0 aromatic rings. The van der Waals surface area contributed by atoms with Crippen LogP contribution in [0.1, 0.15) is 27.2 Å². The summed E-state index contributed by atoms with van der Waals surface area (Å²) in [5, 5.41) is 0. The van der Waals surface area contributed by atoms with Crippen molar-refractivity contribution in [1.82, 2.24) is 0 Å². The largest absolute Gasteiger partial charge is 0.327 e. The van der Waals surface area contributed by atoms with Gasteiger partial charge in [0.25, 0.3) is 0 Å². The molecule has 0 fully saturated rings. The zero-order valence-corrected chi connectivity index (χ0v) is 16.1. The molecule has 3 radical (unpaired) electrons. The Morgan fingerprint density at radius 2 is 1.64 bits per heavy atom. The van der Waals surface area contributed by atoms with E-state index in [0.29, 0.717) is 5.92 Å². The van der Waals surface area contributed by atoms with Gasteiger partial charge in [0.1, 0.15) is 0 Å². The third-order valence-electron chi connectivity index (χ3n) is 0.757. The van der Waals surface area contributed by atoms with E-state index >= 15 is 0 Å². The van der Waals surface area contributed by atoms with Crippen molar-refractivity contribution in [2.45, 2.75) is 27.2 Å². The molecule has 55 valence electrons. The zero-order chi connectivity index (χ0) is 6.41. The van der Waals surface area contributed by atoms with Crippen LogP contribution in [0, 0.1) is 24.2 Å². The van der Waals surface area contributed by atoms with Gasteiger partial charge in [0, 0.05) is 98.1 Å². The van der Waals surface area contributed by atoms with Crippen LogP contribution >= 0.6 is 0 Å². The molecule has 0 bridgehead atoms. The molecule has 11 heavy (non-hydrogen) atoms. The van der Waals surface area contributed by atoms with Gasteiger partial charge < -0.3 is 5.92 Å². The smallest absolute Gasteiger partial charge is 0 e. The molecule has 0 saturated heterocycles.